The highest BCUT2D eigenvalue weighted by Crippen LogP contribution is 2.28. The van der Waals surface area contributed by atoms with Crippen LogP contribution < -0.4 is 20.1 Å². The van der Waals surface area contributed by atoms with E-state index in [-0.39, 0.29) is 5.91 Å². The Balaban J connectivity index is 1.83. The minimum absolute atomic E-state index is 0.144. The fraction of sp³-hybridized carbons (Fsp3) is 0.300. The van der Waals surface area contributed by atoms with Crippen molar-refractivity contribution in [3.63, 3.8) is 0 Å². The molecule has 0 atom stereocenters. The van der Waals surface area contributed by atoms with Crippen molar-refractivity contribution in [1.82, 2.24) is 10.6 Å². The first-order valence-corrected chi connectivity index (χ1v) is 8.94. The molecule has 0 bridgehead atoms. The zero-order chi connectivity index (χ0) is 18.8. The van der Waals surface area contributed by atoms with E-state index in [1.54, 1.807) is 7.11 Å². The van der Waals surface area contributed by atoms with E-state index in [1.807, 2.05) is 48.5 Å². The van der Waals surface area contributed by atoms with Gasteiger partial charge in [-0.15, -0.1) is 0 Å². The summed E-state index contributed by atoms with van der Waals surface area (Å²) in [7, 11) is 1.61. The monoisotopic (exact) mass is 372 g/mol. The quantitative estimate of drug-likeness (QED) is 0.697. The van der Waals surface area contributed by atoms with E-state index in [0.717, 1.165) is 23.3 Å². The van der Waals surface area contributed by atoms with Crippen molar-refractivity contribution in [3.05, 3.63) is 59.7 Å². The summed E-state index contributed by atoms with van der Waals surface area (Å²) < 4.78 is 11.0. The van der Waals surface area contributed by atoms with Crippen molar-refractivity contribution in [2.75, 3.05) is 13.7 Å². The van der Waals surface area contributed by atoms with Crippen molar-refractivity contribution >= 4 is 23.2 Å². The number of rotatable bonds is 8. The third kappa shape index (κ3) is 6.37. The van der Waals surface area contributed by atoms with Crippen LogP contribution in [0.15, 0.2) is 48.5 Å². The van der Waals surface area contributed by atoms with Crippen LogP contribution in [0.4, 0.5) is 0 Å². The summed E-state index contributed by atoms with van der Waals surface area (Å²) in [4.78, 5) is 12.0. The van der Waals surface area contributed by atoms with E-state index in [9.17, 15) is 4.79 Å². The Hall–Kier alpha value is -2.60. The van der Waals surface area contributed by atoms with Gasteiger partial charge in [0.25, 0.3) is 0 Å². The Morgan fingerprint density at radius 2 is 1.85 bits per heavy atom. The second-order valence-corrected chi connectivity index (χ2v) is 6.14. The van der Waals surface area contributed by atoms with Crippen molar-refractivity contribution in [2.24, 2.45) is 0 Å². The molecule has 0 saturated carbocycles. The largest absolute Gasteiger partial charge is 0.493 e. The molecule has 0 spiro atoms. The van der Waals surface area contributed by atoms with Crippen LogP contribution in [-0.2, 0) is 17.8 Å². The molecule has 0 unspecified atom stereocenters. The number of nitrogens with one attached hydrogen (secondary N) is 2. The molecule has 0 aliphatic heterocycles. The predicted octanol–water partition coefficient (Wildman–Crippen LogP) is 3.22. The van der Waals surface area contributed by atoms with E-state index >= 15 is 0 Å². The zero-order valence-corrected chi connectivity index (χ0v) is 15.9. The van der Waals surface area contributed by atoms with Gasteiger partial charge in [0.15, 0.2) is 16.6 Å². The van der Waals surface area contributed by atoms with Crippen molar-refractivity contribution < 1.29 is 14.3 Å². The molecule has 5 nitrogen and oxygen atoms in total. The van der Waals surface area contributed by atoms with Gasteiger partial charge in [0.1, 0.15) is 0 Å². The molecule has 2 aromatic rings. The summed E-state index contributed by atoms with van der Waals surface area (Å²) in [6, 6.07) is 15.3. The Kier molecular flexibility index (Phi) is 7.89. The summed E-state index contributed by atoms with van der Waals surface area (Å²) in [6.45, 7) is 3.18. The van der Waals surface area contributed by atoms with E-state index in [2.05, 4.69) is 17.6 Å². The number of carbonyl (C=O) groups excluding carboxylic acids is 1. The Labute approximate surface area is 159 Å². The minimum Gasteiger partial charge on any atom is -0.493 e. The smallest absolute Gasteiger partial charge is 0.230 e. The molecule has 0 heterocycles. The molecule has 2 N–H and O–H groups in total. The SMILES string of the molecule is CCCOc1ccc(CNC(=S)NC(=O)Cc2ccccc2)cc1OC. The maximum atomic E-state index is 12.0. The van der Waals surface area contributed by atoms with Gasteiger partial charge in [-0.25, -0.2) is 0 Å². The zero-order valence-electron chi connectivity index (χ0n) is 15.1. The highest BCUT2D eigenvalue weighted by molar-refractivity contribution is 7.80. The predicted molar refractivity (Wildman–Crippen MR) is 107 cm³/mol. The lowest BCUT2D eigenvalue weighted by atomic mass is 10.1. The van der Waals surface area contributed by atoms with E-state index in [1.165, 1.54) is 0 Å². The van der Waals surface area contributed by atoms with Crippen molar-refractivity contribution in [2.45, 2.75) is 26.3 Å². The number of carbonyl (C=O) groups is 1. The lowest BCUT2D eigenvalue weighted by Gasteiger charge is -2.13. The highest BCUT2D eigenvalue weighted by Gasteiger charge is 2.08. The van der Waals surface area contributed by atoms with Gasteiger partial charge < -0.3 is 20.1 Å². The second kappa shape index (κ2) is 10.4. The molecule has 26 heavy (non-hydrogen) atoms. The number of thiocarbonyl (C=S) groups is 1. The molecule has 0 fully saturated rings. The van der Waals surface area contributed by atoms with Crippen LogP contribution in [0, 0.1) is 0 Å². The molecule has 6 heteroatoms. The molecule has 1 amide bonds. The lowest BCUT2D eigenvalue weighted by Crippen LogP contribution is -2.39. The Bertz CT molecular complexity index is 735. The summed E-state index contributed by atoms with van der Waals surface area (Å²) in [5, 5.41) is 6.03. The van der Waals surface area contributed by atoms with Crippen LogP contribution >= 0.6 is 12.2 Å². The first-order valence-electron chi connectivity index (χ1n) is 8.53. The molecule has 2 aromatic carbocycles. The number of ether oxygens (including phenoxy) is 2. The number of benzene rings is 2. The van der Waals surface area contributed by atoms with Crippen LogP contribution in [0.5, 0.6) is 11.5 Å². The van der Waals surface area contributed by atoms with Gasteiger partial charge in [0.05, 0.1) is 20.1 Å². The van der Waals surface area contributed by atoms with Gasteiger partial charge in [-0.3, -0.25) is 4.79 Å². The summed E-state index contributed by atoms with van der Waals surface area (Å²) in [5.74, 6) is 1.25. The number of hydrogen-bond donors (Lipinski definition) is 2. The lowest BCUT2D eigenvalue weighted by molar-refractivity contribution is -0.119. The normalized spacial score (nSPS) is 10.1. The molecule has 2 rings (SSSR count). The molecule has 0 aromatic heterocycles. The fourth-order valence-electron chi connectivity index (χ4n) is 2.33. The molecular formula is C20H24N2O3S. The van der Waals surface area contributed by atoms with Gasteiger partial charge in [-0.1, -0.05) is 43.3 Å². The maximum absolute atomic E-state index is 12.0. The van der Waals surface area contributed by atoms with E-state index in [4.69, 9.17) is 21.7 Å². The fourth-order valence-corrected chi connectivity index (χ4v) is 2.52. The standard InChI is InChI=1S/C20H24N2O3S/c1-3-11-25-17-10-9-16(12-18(17)24-2)14-21-20(26)22-19(23)13-15-7-5-4-6-8-15/h4-10,12H,3,11,13-14H2,1-2H3,(H2,21,22,23,26). The molecule has 0 aliphatic rings. The van der Waals surface area contributed by atoms with Gasteiger partial charge in [-0.05, 0) is 41.9 Å². The molecule has 0 saturated heterocycles. The van der Waals surface area contributed by atoms with Crippen LogP contribution in [0.25, 0.3) is 0 Å². The van der Waals surface area contributed by atoms with Gasteiger partial charge >= 0.3 is 0 Å². The molecule has 0 radical (unpaired) electrons. The molecular weight excluding hydrogens is 348 g/mol. The van der Waals surface area contributed by atoms with Crippen molar-refractivity contribution in [1.29, 1.82) is 0 Å². The van der Waals surface area contributed by atoms with Gasteiger partial charge in [0, 0.05) is 6.54 Å². The average Bonchev–Trinajstić information content (AvgIpc) is 2.65. The third-order valence-corrected chi connectivity index (χ3v) is 3.85. The maximum Gasteiger partial charge on any atom is 0.230 e. The first-order chi connectivity index (χ1) is 12.6. The highest BCUT2D eigenvalue weighted by atomic mass is 32.1. The molecule has 138 valence electrons. The number of hydrogen-bond acceptors (Lipinski definition) is 4. The third-order valence-electron chi connectivity index (χ3n) is 3.60. The number of methoxy groups -OCH3 is 1. The summed E-state index contributed by atoms with van der Waals surface area (Å²) in [6.07, 6.45) is 1.23. The Morgan fingerprint density at radius 1 is 1.08 bits per heavy atom. The van der Waals surface area contributed by atoms with Crippen LogP contribution in [-0.4, -0.2) is 24.7 Å². The van der Waals surface area contributed by atoms with Crippen LogP contribution in [0.3, 0.4) is 0 Å². The van der Waals surface area contributed by atoms with Gasteiger partial charge in [-0.2, -0.15) is 0 Å². The first kappa shape index (κ1) is 19.7. The van der Waals surface area contributed by atoms with Crippen LogP contribution in [0.2, 0.25) is 0 Å². The van der Waals surface area contributed by atoms with Gasteiger partial charge in [0.2, 0.25) is 5.91 Å². The van der Waals surface area contributed by atoms with Crippen LogP contribution in [0.1, 0.15) is 24.5 Å². The minimum atomic E-state index is -0.144. The number of amides is 1. The molecule has 0 aliphatic carbocycles. The summed E-state index contributed by atoms with van der Waals surface area (Å²) >= 11 is 5.19. The average molecular weight is 372 g/mol. The van der Waals surface area contributed by atoms with Crippen molar-refractivity contribution in [3.8, 4) is 11.5 Å². The second-order valence-electron chi connectivity index (χ2n) is 5.73. The Morgan fingerprint density at radius 3 is 2.54 bits per heavy atom. The summed E-state index contributed by atoms with van der Waals surface area (Å²) in [5.41, 5.74) is 1.92. The van der Waals surface area contributed by atoms with E-state index < -0.39 is 0 Å². The van der Waals surface area contributed by atoms with E-state index in [0.29, 0.717) is 30.4 Å². The topological polar surface area (TPSA) is 59.6 Å².